The Hall–Kier alpha value is -6.26. The predicted octanol–water partition coefficient (Wildman–Crippen LogP) is 16.9. The molecule has 4 nitrogen and oxygen atoms in total. The van der Waals surface area contributed by atoms with Gasteiger partial charge in [-0.05, 0) is 120 Å². The number of aromatic hydroxyl groups is 1. The average Bonchev–Trinajstić information content (AvgIpc) is 3.63. The number of pyridine rings is 1. The Morgan fingerprint density at radius 1 is 0.455 bits per heavy atom. The van der Waals surface area contributed by atoms with Crippen molar-refractivity contribution in [2.45, 2.75) is 131 Å². The zero-order valence-corrected chi connectivity index (χ0v) is 41.9. The van der Waals surface area contributed by atoms with E-state index in [1.165, 1.54) is 16.7 Å². The summed E-state index contributed by atoms with van der Waals surface area (Å²) < 4.78 is 21.7. The van der Waals surface area contributed by atoms with Crippen molar-refractivity contribution < 1.29 is 7.85 Å². The van der Waals surface area contributed by atoms with Crippen LogP contribution in [-0.4, -0.2) is 19.6 Å². The number of fused-ring (bicyclic) bond motifs is 1. The van der Waals surface area contributed by atoms with Gasteiger partial charge in [0.2, 0.25) is 0 Å². The third kappa shape index (κ3) is 9.00. The maximum Gasteiger partial charge on any atom is 0.149 e. The van der Waals surface area contributed by atoms with Crippen molar-refractivity contribution in [3.05, 3.63) is 167 Å². The lowest BCUT2D eigenvalue weighted by atomic mass is 9.79. The van der Waals surface area contributed by atoms with Gasteiger partial charge in [0.15, 0.2) is 0 Å². The van der Waals surface area contributed by atoms with Crippen LogP contribution in [0.5, 0.6) is 5.75 Å². The van der Waals surface area contributed by atoms with Crippen molar-refractivity contribution in [1.29, 1.82) is 0 Å². The molecule has 66 heavy (non-hydrogen) atoms. The third-order valence-electron chi connectivity index (χ3n) is 12.8. The summed E-state index contributed by atoms with van der Waals surface area (Å²) in [4.78, 5) is 10.6. The van der Waals surface area contributed by atoms with Crippen LogP contribution in [0.4, 0.5) is 0 Å². The highest BCUT2D eigenvalue weighted by molar-refractivity contribution is 5.98. The van der Waals surface area contributed by atoms with Gasteiger partial charge in [-0.15, -0.1) is 0 Å². The first-order valence-electron chi connectivity index (χ1n) is 24.5. The Balaban J connectivity index is 1.48. The summed E-state index contributed by atoms with van der Waals surface area (Å²) in [6.07, 6.45) is 1.92. The van der Waals surface area contributed by atoms with Crippen LogP contribution in [-0.2, 0) is 27.1 Å². The van der Waals surface area contributed by atoms with E-state index in [0.717, 1.165) is 61.4 Å². The Kier molecular flexibility index (Phi) is 10.9. The molecule has 8 rings (SSSR count). The van der Waals surface area contributed by atoms with E-state index in [2.05, 4.69) is 182 Å². The smallest absolute Gasteiger partial charge is 0.149 e. The molecule has 0 atom stereocenters. The fraction of sp³-hybridized carbons (Fsp3) is 0.323. The van der Waals surface area contributed by atoms with Crippen LogP contribution in [0.1, 0.15) is 134 Å². The summed E-state index contributed by atoms with van der Waals surface area (Å²) in [5, 5.41) is 12.7. The Morgan fingerprint density at radius 2 is 1.08 bits per heavy atom. The molecule has 6 aromatic carbocycles. The molecule has 0 bridgehead atoms. The van der Waals surface area contributed by atoms with E-state index >= 15 is 0 Å². The van der Waals surface area contributed by atoms with Gasteiger partial charge in [-0.3, -0.25) is 9.55 Å². The molecule has 338 valence electrons. The minimum absolute atomic E-state index is 0.0415. The molecule has 4 heteroatoms. The first-order chi connectivity index (χ1) is 31.7. The Bertz CT molecular complexity index is 3170. The van der Waals surface area contributed by atoms with Crippen molar-refractivity contribution in [3.63, 3.8) is 0 Å². The van der Waals surface area contributed by atoms with Crippen LogP contribution in [0.25, 0.3) is 72.7 Å². The number of imidazole rings is 1. The molecule has 0 fully saturated rings. The van der Waals surface area contributed by atoms with Gasteiger partial charge < -0.3 is 5.11 Å². The fourth-order valence-electron chi connectivity index (χ4n) is 8.90. The molecule has 0 aliphatic rings. The van der Waals surface area contributed by atoms with E-state index in [4.69, 9.17) is 9.97 Å². The zero-order valence-electron chi connectivity index (χ0n) is 43.9. The van der Waals surface area contributed by atoms with Gasteiger partial charge in [0.05, 0.1) is 30.7 Å². The van der Waals surface area contributed by atoms with Crippen LogP contribution < -0.4 is 0 Å². The standard InChI is InChI=1S/C62H69N3O/c1-58(2,3)43-28-29-53(48(36-43)39-22-17-16-18-23-39)65-54-27-21-25-47(55(54)64-57(65)49-37-45(60(7,8)9)38-51(56(49)66)62(13,14)15)41-32-42(34-44(33-41)59(4,5)6)52-35-40(30-31-63-52)46-24-19-20-26-50(46)61(10,11)12/h16-38,66H,1-15H3/i37D,38D. The van der Waals surface area contributed by atoms with E-state index in [-0.39, 0.29) is 34.1 Å². The van der Waals surface area contributed by atoms with Crippen molar-refractivity contribution in [2.24, 2.45) is 0 Å². The monoisotopic (exact) mass is 874 g/mol. The van der Waals surface area contributed by atoms with E-state index in [1.807, 2.05) is 53.8 Å². The van der Waals surface area contributed by atoms with Crippen LogP contribution in [0.15, 0.2) is 140 Å². The molecule has 0 aliphatic carbocycles. The van der Waals surface area contributed by atoms with Gasteiger partial charge >= 0.3 is 0 Å². The van der Waals surface area contributed by atoms with Crippen molar-refractivity contribution in [1.82, 2.24) is 14.5 Å². The SMILES string of the molecule is [2H]c1c(-c2nc3c(-c4cc(-c5cc(-c6ccccc6C(C)(C)C)ccn5)cc(C(C)(C)C)c4)cccc3n2-c2ccc(C(C)(C)C)cc2-c2ccccc2)c(O)c(C(C)(C)C)c([2H])c1C(C)(C)C. The number of hydrogen-bond acceptors (Lipinski definition) is 3. The summed E-state index contributed by atoms with van der Waals surface area (Å²) in [7, 11) is 0. The number of nitrogens with zero attached hydrogens (tertiary/aromatic N) is 3. The molecule has 0 radical (unpaired) electrons. The van der Waals surface area contributed by atoms with Crippen molar-refractivity contribution in [3.8, 4) is 67.5 Å². The van der Waals surface area contributed by atoms with Crippen molar-refractivity contribution >= 4 is 11.0 Å². The number of rotatable bonds is 6. The normalized spacial score (nSPS) is 13.3. The molecular weight excluding hydrogens is 803 g/mol. The van der Waals surface area contributed by atoms with Gasteiger partial charge in [-0.1, -0.05) is 189 Å². The number of para-hydroxylation sites is 1. The highest BCUT2D eigenvalue weighted by atomic mass is 16.3. The maximum absolute atomic E-state index is 12.7. The predicted molar refractivity (Wildman–Crippen MR) is 281 cm³/mol. The summed E-state index contributed by atoms with van der Waals surface area (Å²) in [5.41, 5.74) is 14.1. The number of phenolic OH excluding ortho intramolecular Hbond substituents is 1. The maximum atomic E-state index is 12.7. The lowest BCUT2D eigenvalue weighted by Gasteiger charge is -2.28. The van der Waals surface area contributed by atoms with Gasteiger partial charge in [-0.2, -0.15) is 0 Å². The molecular formula is C62H69N3O. The van der Waals surface area contributed by atoms with Crippen molar-refractivity contribution in [2.75, 3.05) is 0 Å². The largest absolute Gasteiger partial charge is 0.507 e. The number of hydrogen-bond donors (Lipinski definition) is 1. The molecule has 1 N–H and O–H groups in total. The summed E-state index contributed by atoms with van der Waals surface area (Å²) >= 11 is 0. The van der Waals surface area contributed by atoms with Gasteiger partial charge in [0.1, 0.15) is 11.6 Å². The third-order valence-corrected chi connectivity index (χ3v) is 12.8. The summed E-state index contributed by atoms with van der Waals surface area (Å²) in [6.45, 7) is 32.4. The lowest BCUT2D eigenvalue weighted by Crippen LogP contribution is -2.17. The highest BCUT2D eigenvalue weighted by Crippen LogP contribution is 2.46. The molecule has 0 saturated carbocycles. The quantitative estimate of drug-likeness (QED) is 0.181. The second-order valence-corrected chi connectivity index (χ2v) is 23.3. The number of benzene rings is 6. The van der Waals surface area contributed by atoms with E-state index < -0.39 is 10.8 Å². The molecule has 8 aromatic rings. The molecule has 0 aliphatic heterocycles. The number of aromatic nitrogens is 3. The minimum Gasteiger partial charge on any atom is -0.507 e. The lowest BCUT2D eigenvalue weighted by molar-refractivity contribution is 0.446. The van der Waals surface area contributed by atoms with E-state index in [0.29, 0.717) is 22.5 Å². The molecule has 2 heterocycles. The first kappa shape index (κ1) is 43.6. The van der Waals surface area contributed by atoms with Crippen LogP contribution in [0, 0.1) is 0 Å². The average molecular weight is 874 g/mol. The zero-order chi connectivity index (χ0) is 49.5. The first-order valence-corrected chi connectivity index (χ1v) is 23.5. The van der Waals surface area contributed by atoms with Crippen LogP contribution in [0.2, 0.25) is 0 Å². The summed E-state index contributed by atoms with van der Waals surface area (Å²) in [5.74, 6) is 0.368. The highest BCUT2D eigenvalue weighted by Gasteiger charge is 2.30. The molecule has 0 amide bonds. The van der Waals surface area contributed by atoms with E-state index in [9.17, 15) is 7.85 Å². The second-order valence-electron chi connectivity index (χ2n) is 23.3. The second kappa shape index (κ2) is 16.6. The number of phenols is 1. The minimum atomic E-state index is -0.612. The van der Waals surface area contributed by atoms with Gasteiger partial charge in [0.25, 0.3) is 0 Å². The van der Waals surface area contributed by atoms with Gasteiger partial charge in [-0.25, -0.2) is 4.98 Å². The Morgan fingerprint density at radius 3 is 1.73 bits per heavy atom. The van der Waals surface area contributed by atoms with E-state index in [1.54, 1.807) is 0 Å². The summed E-state index contributed by atoms with van der Waals surface area (Å²) in [6, 6.07) is 43.5. The molecule has 0 spiro atoms. The fourth-order valence-corrected chi connectivity index (χ4v) is 8.90. The Labute approximate surface area is 397 Å². The van der Waals surface area contributed by atoms with Gasteiger partial charge in [0, 0.05) is 28.5 Å². The topological polar surface area (TPSA) is 50.9 Å². The molecule has 0 unspecified atom stereocenters. The van der Waals surface area contributed by atoms with Crippen LogP contribution in [0.3, 0.4) is 0 Å². The van der Waals surface area contributed by atoms with Crippen LogP contribution >= 0.6 is 0 Å². The molecule has 0 saturated heterocycles. The molecule has 2 aromatic heterocycles.